The van der Waals surface area contributed by atoms with E-state index in [-0.39, 0.29) is 0 Å². The molecule has 0 unspecified atom stereocenters. The Hall–Kier alpha value is -1.29. The Bertz CT molecular complexity index is 380. The second-order valence-corrected chi connectivity index (χ2v) is 3.42. The standard InChI is InChI=1S/C12H13F3O/c1-9(6-7-16-2)10-4-3-5-11(8-10)12(13,14)15/h3-6,8H,7H2,1-2H3/b9-6+. The average molecular weight is 230 g/mol. The maximum atomic E-state index is 12.4. The maximum absolute atomic E-state index is 12.4. The van der Waals surface area contributed by atoms with Gasteiger partial charge in [-0.25, -0.2) is 0 Å². The van der Waals surface area contributed by atoms with E-state index in [4.69, 9.17) is 4.74 Å². The lowest BCUT2D eigenvalue weighted by atomic mass is 10.0. The number of hydrogen-bond donors (Lipinski definition) is 0. The van der Waals surface area contributed by atoms with Gasteiger partial charge in [-0.05, 0) is 30.2 Å². The van der Waals surface area contributed by atoms with Crippen LogP contribution < -0.4 is 0 Å². The first-order chi connectivity index (χ1) is 7.45. The van der Waals surface area contributed by atoms with Crippen molar-refractivity contribution in [3.63, 3.8) is 0 Å². The van der Waals surface area contributed by atoms with Gasteiger partial charge in [0.1, 0.15) is 0 Å². The molecule has 0 saturated carbocycles. The first-order valence-electron chi connectivity index (χ1n) is 4.78. The van der Waals surface area contributed by atoms with Crippen LogP contribution in [0.25, 0.3) is 5.57 Å². The fourth-order valence-corrected chi connectivity index (χ4v) is 1.27. The van der Waals surface area contributed by atoms with Gasteiger partial charge in [-0.3, -0.25) is 0 Å². The Morgan fingerprint density at radius 3 is 2.62 bits per heavy atom. The highest BCUT2D eigenvalue weighted by atomic mass is 19.4. The molecular formula is C12H13F3O. The van der Waals surface area contributed by atoms with E-state index < -0.39 is 11.7 Å². The zero-order valence-electron chi connectivity index (χ0n) is 9.14. The lowest BCUT2D eigenvalue weighted by Gasteiger charge is -2.08. The van der Waals surface area contributed by atoms with Gasteiger partial charge in [-0.1, -0.05) is 18.2 Å². The fraction of sp³-hybridized carbons (Fsp3) is 0.333. The molecule has 0 bridgehead atoms. The Morgan fingerprint density at radius 2 is 2.06 bits per heavy atom. The number of alkyl halides is 3. The predicted octanol–water partition coefficient (Wildman–Crippen LogP) is 3.76. The van der Waals surface area contributed by atoms with Crippen LogP contribution in [0.3, 0.4) is 0 Å². The molecule has 88 valence electrons. The molecular weight excluding hydrogens is 217 g/mol. The summed E-state index contributed by atoms with van der Waals surface area (Å²) in [7, 11) is 1.54. The third kappa shape index (κ3) is 3.38. The Labute approximate surface area is 92.5 Å². The molecule has 0 fully saturated rings. The zero-order valence-corrected chi connectivity index (χ0v) is 9.14. The fourth-order valence-electron chi connectivity index (χ4n) is 1.27. The van der Waals surface area contributed by atoms with E-state index in [0.717, 1.165) is 17.7 Å². The molecule has 1 rings (SSSR count). The Kier molecular flexibility index (Phi) is 4.12. The van der Waals surface area contributed by atoms with E-state index in [0.29, 0.717) is 12.2 Å². The largest absolute Gasteiger partial charge is 0.416 e. The van der Waals surface area contributed by atoms with Crippen molar-refractivity contribution in [2.45, 2.75) is 13.1 Å². The number of benzene rings is 1. The summed E-state index contributed by atoms with van der Waals surface area (Å²) in [5.41, 5.74) is 0.704. The SMILES string of the molecule is COC/C=C(\C)c1cccc(C(F)(F)F)c1. The summed E-state index contributed by atoms with van der Waals surface area (Å²) in [6.45, 7) is 2.15. The maximum Gasteiger partial charge on any atom is 0.416 e. The molecule has 0 aliphatic rings. The van der Waals surface area contributed by atoms with Gasteiger partial charge in [0.05, 0.1) is 12.2 Å². The molecule has 1 aromatic carbocycles. The summed E-state index contributed by atoms with van der Waals surface area (Å²) in [6, 6.07) is 5.26. The summed E-state index contributed by atoms with van der Waals surface area (Å²) in [4.78, 5) is 0. The molecule has 1 aromatic rings. The van der Waals surface area contributed by atoms with Gasteiger partial charge < -0.3 is 4.74 Å². The van der Waals surface area contributed by atoms with Crippen molar-refractivity contribution < 1.29 is 17.9 Å². The van der Waals surface area contributed by atoms with Gasteiger partial charge >= 0.3 is 6.18 Å². The number of rotatable bonds is 3. The first kappa shape index (κ1) is 12.8. The molecule has 0 aliphatic heterocycles. The van der Waals surface area contributed by atoms with Crippen LogP contribution >= 0.6 is 0 Å². The lowest BCUT2D eigenvalue weighted by molar-refractivity contribution is -0.137. The lowest BCUT2D eigenvalue weighted by Crippen LogP contribution is -2.04. The molecule has 0 atom stereocenters. The minimum atomic E-state index is -4.29. The van der Waals surface area contributed by atoms with Crippen molar-refractivity contribution in [2.24, 2.45) is 0 Å². The van der Waals surface area contributed by atoms with Crippen molar-refractivity contribution in [1.82, 2.24) is 0 Å². The van der Waals surface area contributed by atoms with Crippen LogP contribution in [0.15, 0.2) is 30.3 Å². The number of ether oxygens (including phenoxy) is 1. The highest BCUT2D eigenvalue weighted by molar-refractivity contribution is 5.64. The molecule has 0 aromatic heterocycles. The average Bonchev–Trinajstić information content (AvgIpc) is 2.25. The van der Waals surface area contributed by atoms with E-state index in [1.54, 1.807) is 19.1 Å². The number of methoxy groups -OCH3 is 1. The summed E-state index contributed by atoms with van der Waals surface area (Å²) >= 11 is 0. The zero-order chi connectivity index (χ0) is 12.2. The third-order valence-electron chi connectivity index (χ3n) is 2.20. The number of hydrogen-bond acceptors (Lipinski definition) is 1. The van der Waals surface area contributed by atoms with Gasteiger partial charge in [0.25, 0.3) is 0 Å². The highest BCUT2D eigenvalue weighted by Gasteiger charge is 2.30. The molecule has 0 spiro atoms. The van der Waals surface area contributed by atoms with Gasteiger partial charge in [0, 0.05) is 7.11 Å². The van der Waals surface area contributed by atoms with E-state index in [1.165, 1.54) is 13.2 Å². The summed E-state index contributed by atoms with van der Waals surface area (Å²) < 4.78 is 42.2. The summed E-state index contributed by atoms with van der Waals surface area (Å²) in [6.07, 6.45) is -2.55. The van der Waals surface area contributed by atoms with Crippen LogP contribution in [-0.2, 0) is 10.9 Å². The quantitative estimate of drug-likeness (QED) is 0.768. The predicted molar refractivity (Wildman–Crippen MR) is 57.0 cm³/mol. The Balaban J connectivity index is 2.99. The minimum absolute atomic E-state index is 0.391. The normalized spacial score (nSPS) is 12.9. The molecule has 0 saturated heterocycles. The first-order valence-corrected chi connectivity index (χ1v) is 4.78. The van der Waals surface area contributed by atoms with Crippen molar-refractivity contribution >= 4 is 5.57 Å². The van der Waals surface area contributed by atoms with Gasteiger partial charge in [0.2, 0.25) is 0 Å². The van der Waals surface area contributed by atoms with Crippen molar-refractivity contribution in [2.75, 3.05) is 13.7 Å². The van der Waals surface area contributed by atoms with E-state index in [1.807, 2.05) is 0 Å². The van der Waals surface area contributed by atoms with Crippen LogP contribution in [0.2, 0.25) is 0 Å². The van der Waals surface area contributed by atoms with Crippen LogP contribution in [0.4, 0.5) is 13.2 Å². The smallest absolute Gasteiger partial charge is 0.381 e. The third-order valence-corrected chi connectivity index (χ3v) is 2.20. The molecule has 16 heavy (non-hydrogen) atoms. The number of halogens is 3. The molecule has 0 N–H and O–H groups in total. The number of allylic oxidation sites excluding steroid dienone is 1. The summed E-state index contributed by atoms with van der Waals surface area (Å²) in [5, 5.41) is 0. The molecule has 0 heterocycles. The van der Waals surface area contributed by atoms with Crippen LogP contribution in [0.5, 0.6) is 0 Å². The van der Waals surface area contributed by atoms with Crippen molar-refractivity contribution in [1.29, 1.82) is 0 Å². The summed E-state index contributed by atoms with van der Waals surface area (Å²) in [5.74, 6) is 0. The van der Waals surface area contributed by atoms with Crippen LogP contribution in [0, 0.1) is 0 Å². The Morgan fingerprint density at radius 1 is 1.38 bits per heavy atom. The second-order valence-electron chi connectivity index (χ2n) is 3.42. The van der Waals surface area contributed by atoms with Gasteiger partial charge in [-0.2, -0.15) is 13.2 Å². The van der Waals surface area contributed by atoms with Crippen LogP contribution in [0.1, 0.15) is 18.1 Å². The molecule has 0 aliphatic carbocycles. The topological polar surface area (TPSA) is 9.23 Å². The van der Waals surface area contributed by atoms with Crippen LogP contribution in [-0.4, -0.2) is 13.7 Å². The van der Waals surface area contributed by atoms with E-state index >= 15 is 0 Å². The van der Waals surface area contributed by atoms with Crippen molar-refractivity contribution in [3.05, 3.63) is 41.5 Å². The van der Waals surface area contributed by atoms with Gasteiger partial charge in [0.15, 0.2) is 0 Å². The highest BCUT2D eigenvalue weighted by Crippen LogP contribution is 2.30. The van der Waals surface area contributed by atoms with E-state index in [2.05, 4.69) is 0 Å². The molecule has 1 nitrogen and oxygen atoms in total. The monoisotopic (exact) mass is 230 g/mol. The van der Waals surface area contributed by atoms with E-state index in [9.17, 15) is 13.2 Å². The molecule has 4 heteroatoms. The molecule has 0 radical (unpaired) electrons. The van der Waals surface area contributed by atoms with Crippen molar-refractivity contribution in [3.8, 4) is 0 Å². The molecule has 0 amide bonds. The van der Waals surface area contributed by atoms with Gasteiger partial charge in [-0.15, -0.1) is 0 Å². The second kappa shape index (κ2) is 5.16. The minimum Gasteiger partial charge on any atom is -0.381 e.